The van der Waals surface area contributed by atoms with E-state index in [1.165, 1.54) is 0 Å². The minimum Gasteiger partial charge on any atom is -0.482 e. The largest absolute Gasteiger partial charge is 0.482 e. The molecule has 0 unspecified atom stereocenters. The number of nitrogens with two attached hydrogens (primary N) is 1. The van der Waals surface area contributed by atoms with Gasteiger partial charge in [-0.25, -0.2) is 0 Å². The molecule has 114 valence electrons. The van der Waals surface area contributed by atoms with Gasteiger partial charge in [-0.3, -0.25) is 0 Å². The van der Waals surface area contributed by atoms with Crippen LogP contribution in [0.25, 0.3) is 0 Å². The van der Waals surface area contributed by atoms with E-state index in [0.717, 1.165) is 19.3 Å². The van der Waals surface area contributed by atoms with Crippen LogP contribution >= 0.6 is 35.6 Å². The van der Waals surface area contributed by atoms with Gasteiger partial charge in [0.05, 0.1) is 10.6 Å². The Kier molecular flexibility index (Phi) is 4.99. The van der Waals surface area contributed by atoms with Gasteiger partial charge in [0.25, 0.3) is 5.89 Å². The second-order valence-electron chi connectivity index (χ2n) is 4.88. The van der Waals surface area contributed by atoms with Crippen LogP contribution in [-0.4, -0.2) is 10.1 Å². The van der Waals surface area contributed by atoms with E-state index in [2.05, 4.69) is 10.1 Å². The smallest absolute Gasteiger partial charge is 0.264 e. The Labute approximate surface area is 138 Å². The molecule has 0 spiro atoms. The molecule has 5 nitrogen and oxygen atoms in total. The van der Waals surface area contributed by atoms with Crippen molar-refractivity contribution < 1.29 is 9.26 Å². The molecule has 1 fully saturated rings. The third-order valence-electron chi connectivity index (χ3n) is 3.40. The maximum absolute atomic E-state index is 6.12. The van der Waals surface area contributed by atoms with Crippen LogP contribution < -0.4 is 10.5 Å². The van der Waals surface area contributed by atoms with Gasteiger partial charge in [-0.15, -0.1) is 12.4 Å². The first-order chi connectivity index (χ1) is 9.57. The Morgan fingerprint density at radius 3 is 2.76 bits per heavy atom. The molecule has 8 heteroatoms. The highest BCUT2D eigenvalue weighted by molar-refractivity contribution is 6.34. The third-order valence-corrected chi connectivity index (χ3v) is 3.95. The zero-order valence-electron chi connectivity index (χ0n) is 11.0. The number of ether oxygens (including phenoxy) is 1. The van der Waals surface area contributed by atoms with Crippen LogP contribution in [0.5, 0.6) is 5.75 Å². The van der Waals surface area contributed by atoms with Crippen LogP contribution in [0.2, 0.25) is 10.0 Å². The summed E-state index contributed by atoms with van der Waals surface area (Å²) >= 11 is 11.9. The number of halogens is 3. The molecular formula is C13H14Cl3N3O2. The molecule has 1 heterocycles. The molecule has 2 N–H and O–H groups in total. The van der Waals surface area contributed by atoms with E-state index in [9.17, 15) is 0 Å². The van der Waals surface area contributed by atoms with Crippen molar-refractivity contribution in [3.63, 3.8) is 0 Å². The van der Waals surface area contributed by atoms with Crippen LogP contribution in [0.1, 0.15) is 31.0 Å². The fourth-order valence-corrected chi connectivity index (χ4v) is 2.36. The molecule has 0 bridgehead atoms. The lowest BCUT2D eigenvalue weighted by Gasteiger charge is -2.34. The summed E-state index contributed by atoms with van der Waals surface area (Å²) in [4.78, 5) is 4.27. The Bertz CT molecular complexity index is 629. The van der Waals surface area contributed by atoms with Gasteiger partial charge in [-0.2, -0.15) is 4.98 Å². The Morgan fingerprint density at radius 1 is 1.33 bits per heavy atom. The number of nitrogens with zero attached hydrogens (tertiary/aromatic N) is 2. The van der Waals surface area contributed by atoms with Gasteiger partial charge >= 0.3 is 0 Å². The van der Waals surface area contributed by atoms with Crippen molar-refractivity contribution in [2.75, 3.05) is 0 Å². The van der Waals surface area contributed by atoms with Crippen molar-refractivity contribution in [3.8, 4) is 5.75 Å². The maximum Gasteiger partial charge on any atom is 0.264 e. The lowest BCUT2D eigenvalue weighted by Crippen LogP contribution is -2.44. The first-order valence-corrected chi connectivity index (χ1v) is 7.02. The number of hydrogen-bond acceptors (Lipinski definition) is 5. The second-order valence-corrected chi connectivity index (χ2v) is 5.73. The van der Waals surface area contributed by atoms with Gasteiger partial charge < -0.3 is 15.0 Å². The van der Waals surface area contributed by atoms with Gasteiger partial charge in [-0.05, 0) is 31.4 Å². The molecule has 21 heavy (non-hydrogen) atoms. The molecule has 3 rings (SSSR count). The maximum atomic E-state index is 6.12. The third kappa shape index (κ3) is 3.43. The van der Waals surface area contributed by atoms with Crippen LogP contribution in [-0.2, 0) is 12.1 Å². The summed E-state index contributed by atoms with van der Waals surface area (Å²) in [6.45, 7) is 0.128. The second kappa shape index (κ2) is 6.40. The van der Waals surface area contributed by atoms with E-state index in [-0.39, 0.29) is 19.0 Å². The quantitative estimate of drug-likeness (QED) is 0.909. The molecule has 0 saturated heterocycles. The van der Waals surface area contributed by atoms with E-state index in [4.69, 9.17) is 38.2 Å². The molecule has 1 aliphatic carbocycles. The molecule has 1 saturated carbocycles. The molecule has 0 aliphatic heterocycles. The standard InChI is InChI=1S/C13H13Cl2N3O2.ClH/c14-8-2-3-9(15)10(6-8)19-7-11-17-12(18-20-11)13(16)4-1-5-13;/h2-3,6H,1,4-5,7,16H2;1H. The summed E-state index contributed by atoms with van der Waals surface area (Å²) in [5, 5.41) is 4.93. The molecule has 0 atom stereocenters. The highest BCUT2D eigenvalue weighted by Gasteiger charge is 2.38. The van der Waals surface area contributed by atoms with Crippen molar-refractivity contribution >= 4 is 35.6 Å². The van der Waals surface area contributed by atoms with E-state index in [1.54, 1.807) is 18.2 Å². The lowest BCUT2D eigenvalue weighted by molar-refractivity contribution is 0.223. The topological polar surface area (TPSA) is 74.2 Å². The van der Waals surface area contributed by atoms with Crippen LogP contribution in [0, 0.1) is 0 Å². The SMILES string of the molecule is Cl.NC1(c2noc(COc3cc(Cl)ccc3Cl)n2)CCC1. The summed E-state index contributed by atoms with van der Waals surface area (Å²) in [7, 11) is 0. The average molecular weight is 351 g/mol. The van der Waals surface area contributed by atoms with Gasteiger partial charge in [-0.1, -0.05) is 28.4 Å². The van der Waals surface area contributed by atoms with Crippen molar-refractivity contribution in [3.05, 3.63) is 40.0 Å². The fraction of sp³-hybridized carbons (Fsp3) is 0.385. The minimum absolute atomic E-state index is 0. The van der Waals surface area contributed by atoms with Crippen molar-refractivity contribution in [2.24, 2.45) is 5.73 Å². The summed E-state index contributed by atoms with van der Waals surface area (Å²) < 4.78 is 10.7. The normalized spacial score (nSPS) is 16.0. The number of benzene rings is 1. The summed E-state index contributed by atoms with van der Waals surface area (Å²) in [6, 6.07) is 5.00. The van der Waals surface area contributed by atoms with Crippen molar-refractivity contribution in [1.29, 1.82) is 0 Å². The number of aromatic nitrogens is 2. The van der Waals surface area contributed by atoms with Crippen molar-refractivity contribution in [1.82, 2.24) is 10.1 Å². The first kappa shape index (κ1) is 16.4. The Hall–Kier alpha value is -1.01. The van der Waals surface area contributed by atoms with Gasteiger partial charge in [0.2, 0.25) is 0 Å². The number of rotatable bonds is 4. The summed E-state index contributed by atoms with van der Waals surface area (Å²) in [5.74, 6) is 1.39. The molecule has 0 radical (unpaired) electrons. The van der Waals surface area contributed by atoms with Gasteiger partial charge in [0.15, 0.2) is 12.4 Å². The van der Waals surface area contributed by atoms with Gasteiger partial charge in [0.1, 0.15) is 5.75 Å². The first-order valence-electron chi connectivity index (χ1n) is 6.27. The van der Waals surface area contributed by atoms with Gasteiger partial charge in [0, 0.05) is 11.1 Å². The average Bonchev–Trinajstić information content (AvgIpc) is 2.86. The van der Waals surface area contributed by atoms with Crippen molar-refractivity contribution in [2.45, 2.75) is 31.4 Å². The highest BCUT2D eigenvalue weighted by atomic mass is 35.5. The molecule has 2 aromatic rings. The minimum atomic E-state index is -0.435. The fourth-order valence-electron chi connectivity index (χ4n) is 2.02. The van der Waals surface area contributed by atoms with Crippen LogP contribution in [0.3, 0.4) is 0 Å². The zero-order chi connectivity index (χ0) is 14.2. The molecule has 1 aliphatic rings. The molecule has 1 aromatic heterocycles. The Morgan fingerprint density at radius 2 is 2.10 bits per heavy atom. The summed E-state index contributed by atoms with van der Waals surface area (Å²) in [5.41, 5.74) is 5.69. The van der Waals surface area contributed by atoms with E-state index in [0.29, 0.717) is 27.5 Å². The van der Waals surface area contributed by atoms with Crippen LogP contribution in [0.4, 0.5) is 0 Å². The lowest BCUT2D eigenvalue weighted by atomic mass is 9.77. The predicted molar refractivity (Wildman–Crippen MR) is 82.1 cm³/mol. The van der Waals surface area contributed by atoms with E-state index < -0.39 is 5.54 Å². The monoisotopic (exact) mass is 349 g/mol. The predicted octanol–water partition coefficient (Wildman–Crippen LogP) is 3.72. The molecular weight excluding hydrogens is 337 g/mol. The van der Waals surface area contributed by atoms with E-state index >= 15 is 0 Å². The molecule has 0 amide bonds. The zero-order valence-corrected chi connectivity index (χ0v) is 13.3. The molecule has 1 aromatic carbocycles. The van der Waals surface area contributed by atoms with E-state index in [1.807, 2.05) is 0 Å². The highest BCUT2D eigenvalue weighted by Crippen LogP contribution is 2.37. The van der Waals surface area contributed by atoms with Crippen LogP contribution in [0.15, 0.2) is 22.7 Å². The Balaban J connectivity index is 0.00000161. The number of hydrogen-bond donors (Lipinski definition) is 1. The summed E-state index contributed by atoms with van der Waals surface area (Å²) in [6.07, 6.45) is 2.86.